The Kier molecular flexibility index (Phi) is 2.77. The Morgan fingerprint density at radius 2 is 2.06 bits per heavy atom. The lowest BCUT2D eigenvalue weighted by Crippen LogP contribution is -2.01. The summed E-state index contributed by atoms with van der Waals surface area (Å²) in [6.07, 6.45) is 2.49. The summed E-state index contributed by atoms with van der Waals surface area (Å²) in [4.78, 5) is 0. The molecule has 0 bridgehead atoms. The van der Waals surface area contributed by atoms with Gasteiger partial charge in [0.1, 0.15) is 0 Å². The van der Waals surface area contributed by atoms with Crippen molar-refractivity contribution >= 4 is 17.3 Å². The number of nitrogens with zero attached hydrogens (tertiary/aromatic N) is 1. The average molecular weight is 248 g/mol. The number of H-pyrrole nitrogens is 1. The second-order valence-electron chi connectivity index (χ2n) is 4.40. The normalized spacial score (nSPS) is 14.9. The van der Waals surface area contributed by atoms with Crippen molar-refractivity contribution < 1.29 is 0 Å². The molecule has 2 aromatic rings. The molecule has 1 aromatic heterocycles. The van der Waals surface area contributed by atoms with Gasteiger partial charge in [-0.25, -0.2) is 0 Å². The van der Waals surface area contributed by atoms with Crippen molar-refractivity contribution in [2.24, 2.45) is 0 Å². The van der Waals surface area contributed by atoms with Crippen LogP contribution in [0.1, 0.15) is 30.0 Å². The minimum Gasteiger partial charge on any atom is -0.381 e. The number of rotatable bonds is 4. The van der Waals surface area contributed by atoms with Crippen molar-refractivity contribution in [1.29, 1.82) is 0 Å². The first kappa shape index (κ1) is 10.7. The molecule has 0 spiro atoms. The van der Waals surface area contributed by atoms with E-state index in [2.05, 4.69) is 15.5 Å². The number of para-hydroxylation sites is 1. The third-order valence-corrected chi connectivity index (χ3v) is 3.39. The van der Waals surface area contributed by atoms with Crippen LogP contribution in [0.2, 0.25) is 5.15 Å². The van der Waals surface area contributed by atoms with Crippen molar-refractivity contribution in [1.82, 2.24) is 10.2 Å². The van der Waals surface area contributed by atoms with Gasteiger partial charge >= 0.3 is 0 Å². The van der Waals surface area contributed by atoms with Gasteiger partial charge in [-0.05, 0) is 25.0 Å². The standard InChI is InChI=1S/C13H14ClN3/c14-13-11(12(16-17-13)9-6-7-9)8-15-10-4-2-1-3-5-10/h1-5,9,15H,6-8H2,(H,16,17). The molecular formula is C13H14ClN3. The van der Waals surface area contributed by atoms with E-state index in [1.807, 2.05) is 30.3 Å². The summed E-state index contributed by atoms with van der Waals surface area (Å²) < 4.78 is 0. The van der Waals surface area contributed by atoms with Gasteiger partial charge < -0.3 is 5.32 Å². The minimum atomic E-state index is 0.593. The number of benzene rings is 1. The molecule has 4 heteroatoms. The molecule has 1 aliphatic carbocycles. The molecule has 0 unspecified atom stereocenters. The van der Waals surface area contributed by atoms with E-state index >= 15 is 0 Å². The number of aromatic nitrogens is 2. The maximum Gasteiger partial charge on any atom is 0.156 e. The third-order valence-electron chi connectivity index (χ3n) is 3.08. The summed E-state index contributed by atoms with van der Waals surface area (Å²) >= 11 is 6.10. The van der Waals surface area contributed by atoms with Crippen LogP contribution in [-0.2, 0) is 6.54 Å². The number of hydrogen-bond donors (Lipinski definition) is 2. The molecule has 0 atom stereocenters. The maximum atomic E-state index is 6.10. The van der Waals surface area contributed by atoms with Gasteiger partial charge in [0.25, 0.3) is 0 Å². The Morgan fingerprint density at radius 1 is 1.29 bits per heavy atom. The van der Waals surface area contributed by atoms with Crippen LogP contribution in [0.3, 0.4) is 0 Å². The van der Waals surface area contributed by atoms with Gasteiger partial charge in [-0.3, -0.25) is 5.10 Å². The predicted molar refractivity (Wildman–Crippen MR) is 69.3 cm³/mol. The summed E-state index contributed by atoms with van der Waals surface area (Å²) in [5, 5.41) is 11.1. The summed E-state index contributed by atoms with van der Waals surface area (Å²) in [6, 6.07) is 10.1. The van der Waals surface area contributed by atoms with E-state index in [4.69, 9.17) is 11.6 Å². The van der Waals surface area contributed by atoms with Gasteiger partial charge in [-0.2, -0.15) is 5.10 Å². The van der Waals surface area contributed by atoms with E-state index in [0.717, 1.165) is 17.8 Å². The van der Waals surface area contributed by atoms with Gasteiger partial charge in [0.05, 0.1) is 0 Å². The summed E-state index contributed by atoms with van der Waals surface area (Å²) in [5.74, 6) is 0.641. The van der Waals surface area contributed by atoms with E-state index in [1.54, 1.807) is 0 Å². The molecule has 1 saturated carbocycles. The molecule has 17 heavy (non-hydrogen) atoms. The quantitative estimate of drug-likeness (QED) is 0.868. The number of anilines is 1. The van der Waals surface area contributed by atoms with Crippen molar-refractivity contribution in [2.45, 2.75) is 25.3 Å². The summed E-state index contributed by atoms with van der Waals surface area (Å²) in [5.41, 5.74) is 3.42. The van der Waals surface area contributed by atoms with E-state index in [1.165, 1.54) is 18.5 Å². The largest absolute Gasteiger partial charge is 0.381 e. The van der Waals surface area contributed by atoms with Gasteiger partial charge in [0.2, 0.25) is 0 Å². The molecule has 1 fully saturated rings. The first-order valence-electron chi connectivity index (χ1n) is 5.86. The van der Waals surface area contributed by atoms with Crippen LogP contribution in [0.5, 0.6) is 0 Å². The highest BCUT2D eigenvalue weighted by atomic mass is 35.5. The molecule has 1 heterocycles. The highest BCUT2D eigenvalue weighted by molar-refractivity contribution is 6.30. The summed E-state index contributed by atoms with van der Waals surface area (Å²) in [6.45, 7) is 0.727. The van der Waals surface area contributed by atoms with Crippen LogP contribution in [0.15, 0.2) is 30.3 Å². The number of aromatic amines is 1. The van der Waals surface area contributed by atoms with Crippen LogP contribution in [0, 0.1) is 0 Å². The van der Waals surface area contributed by atoms with E-state index in [-0.39, 0.29) is 0 Å². The highest BCUT2D eigenvalue weighted by Gasteiger charge is 2.29. The molecule has 3 nitrogen and oxygen atoms in total. The van der Waals surface area contributed by atoms with Crippen LogP contribution >= 0.6 is 11.6 Å². The molecule has 0 aliphatic heterocycles. The zero-order chi connectivity index (χ0) is 11.7. The Bertz CT molecular complexity index is 503. The topological polar surface area (TPSA) is 40.7 Å². The lowest BCUT2D eigenvalue weighted by Gasteiger charge is -2.06. The van der Waals surface area contributed by atoms with Gasteiger partial charge in [-0.15, -0.1) is 0 Å². The molecule has 0 radical (unpaired) electrons. The predicted octanol–water partition coefficient (Wildman–Crippen LogP) is 3.55. The molecule has 0 amide bonds. The lowest BCUT2D eigenvalue weighted by molar-refractivity contribution is 0.948. The molecule has 1 aromatic carbocycles. The fraction of sp³-hybridized carbons (Fsp3) is 0.308. The van der Waals surface area contributed by atoms with Crippen LogP contribution in [0.25, 0.3) is 0 Å². The Balaban J connectivity index is 1.74. The molecular weight excluding hydrogens is 234 g/mol. The Hall–Kier alpha value is -1.48. The van der Waals surface area contributed by atoms with Gasteiger partial charge in [-0.1, -0.05) is 29.8 Å². The van der Waals surface area contributed by atoms with E-state index < -0.39 is 0 Å². The van der Waals surface area contributed by atoms with Gasteiger partial charge in [0.15, 0.2) is 5.15 Å². The zero-order valence-electron chi connectivity index (χ0n) is 9.41. The highest BCUT2D eigenvalue weighted by Crippen LogP contribution is 2.42. The minimum absolute atomic E-state index is 0.593. The zero-order valence-corrected chi connectivity index (χ0v) is 10.2. The van der Waals surface area contributed by atoms with Crippen LogP contribution < -0.4 is 5.32 Å². The smallest absolute Gasteiger partial charge is 0.156 e. The SMILES string of the molecule is Clc1n[nH]c(C2CC2)c1CNc1ccccc1. The number of halogens is 1. The second kappa shape index (κ2) is 4.41. The molecule has 1 aliphatic rings. The molecule has 3 rings (SSSR count). The number of hydrogen-bond acceptors (Lipinski definition) is 2. The monoisotopic (exact) mass is 247 g/mol. The van der Waals surface area contributed by atoms with Crippen molar-refractivity contribution in [3.8, 4) is 0 Å². The van der Waals surface area contributed by atoms with Crippen molar-refractivity contribution in [3.05, 3.63) is 46.7 Å². The third kappa shape index (κ3) is 2.29. The fourth-order valence-electron chi connectivity index (χ4n) is 1.98. The Morgan fingerprint density at radius 3 is 2.76 bits per heavy atom. The number of nitrogens with one attached hydrogen (secondary N) is 2. The lowest BCUT2D eigenvalue weighted by atomic mass is 10.2. The van der Waals surface area contributed by atoms with Crippen molar-refractivity contribution in [3.63, 3.8) is 0 Å². The molecule has 2 N–H and O–H groups in total. The maximum absolute atomic E-state index is 6.10. The first-order valence-corrected chi connectivity index (χ1v) is 6.24. The Labute approximate surface area is 105 Å². The van der Waals surface area contributed by atoms with E-state index in [0.29, 0.717) is 11.1 Å². The van der Waals surface area contributed by atoms with Crippen molar-refractivity contribution in [2.75, 3.05) is 5.32 Å². The second-order valence-corrected chi connectivity index (χ2v) is 4.76. The fourth-order valence-corrected chi connectivity index (χ4v) is 2.19. The molecule has 0 saturated heterocycles. The summed E-state index contributed by atoms with van der Waals surface area (Å²) in [7, 11) is 0. The van der Waals surface area contributed by atoms with E-state index in [9.17, 15) is 0 Å². The van der Waals surface area contributed by atoms with Crippen LogP contribution in [-0.4, -0.2) is 10.2 Å². The average Bonchev–Trinajstić information content (AvgIpc) is 3.13. The van der Waals surface area contributed by atoms with Crippen LogP contribution in [0.4, 0.5) is 5.69 Å². The first-order chi connectivity index (χ1) is 8.34. The van der Waals surface area contributed by atoms with Gasteiger partial charge in [0, 0.05) is 29.4 Å². The molecule has 88 valence electrons.